The molecule has 4 N–H and O–H groups in total. The average Bonchev–Trinajstić information content (AvgIpc) is 2.73. The van der Waals surface area contributed by atoms with Gasteiger partial charge in [-0.1, -0.05) is 0 Å². The van der Waals surface area contributed by atoms with E-state index >= 15 is 0 Å². The average molecular weight is 244 g/mol. The number of aliphatic hydroxyl groups is 1. The highest BCUT2D eigenvalue weighted by Crippen LogP contribution is 2.18. The Bertz CT molecular complexity index is 299. The second-order valence-electron chi connectivity index (χ2n) is 4.09. The van der Waals surface area contributed by atoms with E-state index in [9.17, 15) is 9.59 Å². The summed E-state index contributed by atoms with van der Waals surface area (Å²) in [4.78, 5) is 24.1. The molecule has 2 amide bonds. The van der Waals surface area contributed by atoms with Gasteiger partial charge in [-0.25, -0.2) is 0 Å². The molecule has 17 heavy (non-hydrogen) atoms. The first kappa shape index (κ1) is 13.9. The number of hydrogen-bond donors (Lipinski definition) is 4. The first-order valence-electron chi connectivity index (χ1n) is 5.52. The van der Waals surface area contributed by atoms with Crippen LogP contribution in [0.25, 0.3) is 0 Å². The van der Waals surface area contributed by atoms with Crippen LogP contribution >= 0.6 is 0 Å². The van der Waals surface area contributed by atoms with E-state index < -0.39 is 37.5 Å². The molecular weight excluding hydrogens is 227 g/mol. The Morgan fingerprint density at radius 2 is 2.18 bits per heavy atom. The third-order valence-corrected chi connectivity index (χ3v) is 2.78. The number of rotatable bonds is 4. The van der Waals surface area contributed by atoms with Crippen molar-refractivity contribution >= 4 is 18.9 Å². The third-order valence-electron chi connectivity index (χ3n) is 2.78. The predicted octanol–water partition coefficient (Wildman–Crippen LogP) is -2.51. The molecule has 0 bridgehead atoms. The van der Waals surface area contributed by atoms with Crippen LogP contribution in [0.1, 0.15) is 19.8 Å². The molecule has 1 aliphatic heterocycles. The van der Waals surface area contributed by atoms with Crippen molar-refractivity contribution < 1.29 is 24.7 Å². The first-order chi connectivity index (χ1) is 7.97. The highest BCUT2D eigenvalue weighted by atomic mass is 16.4. The Morgan fingerprint density at radius 1 is 1.53 bits per heavy atom. The van der Waals surface area contributed by atoms with Crippen molar-refractivity contribution in [3.63, 3.8) is 0 Å². The normalized spacial score (nSPS) is 21.2. The molecule has 0 saturated carbocycles. The summed E-state index contributed by atoms with van der Waals surface area (Å²) in [6.45, 7) is 1.14. The van der Waals surface area contributed by atoms with E-state index in [0.29, 0.717) is 19.4 Å². The molecule has 0 aromatic heterocycles. The molecule has 1 rings (SSSR count). The Labute approximate surface area is 99.6 Å². The number of carbonyl (C=O) groups is 2. The van der Waals surface area contributed by atoms with E-state index in [-0.39, 0.29) is 0 Å². The number of carbonyl (C=O) groups excluding carboxylic acids is 2. The molecule has 0 aliphatic carbocycles. The fourth-order valence-corrected chi connectivity index (χ4v) is 2.01. The van der Waals surface area contributed by atoms with Gasteiger partial charge >= 0.3 is 7.12 Å². The second kappa shape index (κ2) is 5.99. The Balaban J connectivity index is 2.69. The van der Waals surface area contributed by atoms with Crippen LogP contribution in [0.2, 0.25) is 0 Å². The van der Waals surface area contributed by atoms with E-state index in [1.807, 2.05) is 0 Å². The molecule has 2 atom stereocenters. The second-order valence-corrected chi connectivity index (χ2v) is 4.09. The zero-order chi connectivity index (χ0) is 13.0. The minimum Gasteiger partial charge on any atom is -0.426 e. The van der Waals surface area contributed by atoms with Gasteiger partial charge in [-0.2, -0.15) is 0 Å². The molecule has 96 valence electrons. The molecule has 1 heterocycles. The fraction of sp³-hybridized carbons (Fsp3) is 0.778. The summed E-state index contributed by atoms with van der Waals surface area (Å²) in [6, 6.07) is -1.02. The van der Waals surface area contributed by atoms with Crippen LogP contribution in [-0.4, -0.2) is 64.1 Å². The summed E-state index contributed by atoms with van der Waals surface area (Å²) < 4.78 is 0. The quantitative estimate of drug-likeness (QED) is 0.408. The number of aliphatic hydroxyl groups excluding tert-OH is 1. The molecule has 0 radical (unpaired) electrons. The van der Waals surface area contributed by atoms with Crippen molar-refractivity contribution in [2.45, 2.75) is 31.7 Å². The first-order valence-corrected chi connectivity index (χ1v) is 5.52. The van der Waals surface area contributed by atoms with E-state index in [4.69, 9.17) is 15.2 Å². The molecule has 1 saturated heterocycles. The van der Waals surface area contributed by atoms with Crippen LogP contribution in [0.3, 0.4) is 0 Å². The lowest BCUT2D eigenvalue weighted by atomic mass is 9.78. The van der Waals surface area contributed by atoms with Gasteiger partial charge in [-0.3, -0.25) is 9.59 Å². The van der Waals surface area contributed by atoms with Gasteiger partial charge < -0.3 is 25.4 Å². The van der Waals surface area contributed by atoms with Crippen molar-refractivity contribution in [3.05, 3.63) is 0 Å². The van der Waals surface area contributed by atoms with Gasteiger partial charge in [0.2, 0.25) is 11.8 Å². The van der Waals surface area contributed by atoms with Crippen LogP contribution in [-0.2, 0) is 9.59 Å². The zero-order valence-corrected chi connectivity index (χ0v) is 9.67. The Morgan fingerprint density at radius 3 is 2.65 bits per heavy atom. The van der Waals surface area contributed by atoms with E-state index in [0.717, 1.165) is 0 Å². The van der Waals surface area contributed by atoms with Crippen LogP contribution < -0.4 is 5.32 Å². The molecule has 0 spiro atoms. The summed E-state index contributed by atoms with van der Waals surface area (Å²) in [5, 5.41) is 29.6. The lowest BCUT2D eigenvalue weighted by Crippen LogP contribution is -2.54. The number of hydrogen-bond acceptors (Lipinski definition) is 5. The molecule has 1 fully saturated rings. The zero-order valence-electron chi connectivity index (χ0n) is 9.67. The van der Waals surface area contributed by atoms with Crippen LogP contribution in [0.15, 0.2) is 0 Å². The third kappa shape index (κ3) is 3.42. The van der Waals surface area contributed by atoms with Gasteiger partial charge in [0.15, 0.2) is 0 Å². The van der Waals surface area contributed by atoms with Gasteiger partial charge in [0.1, 0.15) is 6.04 Å². The maximum atomic E-state index is 12.0. The smallest absolute Gasteiger partial charge is 0.426 e. The van der Waals surface area contributed by atoms with Crippen molar-refractivity contribution in [2.24, 2.45) is 0 Å². The van der Waals surface area contributed by atoms with Gasteiger partial charge in [0.25, 0.3) is 0 Å². The number of nitrogens with one attached hydrogen (secondary N) is 1. The lowest BCUT2D eigenvalue weighted by molar-refractivity contribution is -0.137. The van der Waals surface area contributed by atoms with Crippen molar-refractivity contribution in [1.82, 2.24) is 10.2 Å². The Kier molecular flexibility index (Phi) is 4.92. The molecule has 2 unspecified atom stereocenters. The summed E-state index contributed by atoms with van der Waals surface area (Å²) in [5.74, 6) is -1.57. The van der Waals surface area contributed by atoms with Gasteiger partial charge in [0.05, 0.1) is 12.5 Å². The highest BCUT2D eigenvalue weighted by molar-refractivity contribution is 6.43. The topological polar surface area (TPSA) is 110 Å². The number of nitrogens with zero attached hydrogens (tertiary/aromatic N) is 1. The minimum atomic E-state index is -1.60. The molecule has 1 aliphatic rings. The number of amides is 2. The lowest BCUT2D eigenvalue weighted by Gasteiger charge is -2.27. The fourth-order valence-electron chi connectivity index (χ4n) is 2.01. The van der Waals surface area contributed by atoms with Crippen molar-refractivity contribution in [1.29, 1.82) is 0 Å². The minimum absolute atomic E-state index is 0.400. The summed E-state index contributed by atoms with van der Waals surface area (Å²) in [5.41, 5.74) is 0. The van der Waals surface area contributed by atoms with E-state index in [1.165, 1.54) is 11.8 Å². The van der Waals surface area contributed by atoms with Crippen LogP contribution in [0.5, 0.6) is 0 Å². The van der Waals surface area contributed by atoms with E-state index in [1.54, 1.807) is 0 Å². The van der Waals surface area contributed by atoms with Gasteiger partial charge in [-0.05, 0) is 12.8 Å². The van der Waals surface area contributed by atoms with E-state index in [2.05, 4.69) is 5.32 Å². The summed E-state index contributed by atoms with van der Waals surface area (Å²) in [7, 11) is -1.60. The standard InChI is InChI=1S/C9H17BN2O5/c1-6(14)11-7(5-13)9(15)12-4-2-3-8(12)10(16)17/h7-8,13,16-17H,2-5H2,1H3,(H,11,14). The molecule has 7 nitrogen and oxygen atoms in total. The maximum absolute atomic E-state index is 12.0. The highest BCUT2D eigenvalue weighted by Gasteiger charge is 2.39. The summed E-state index contributed by atoms with van der Waals surface area (Å²) >= 11 is 0. The monoisotopic (exact) mass is 244 g/mol. The van der Waals surface area contributed by atoms with Gasteiger partial charge in [-0.15, -0.1) is 0 Å². The van der Waals surface area contributed by atoms with Gasteiger partial charge in [0, 0.05) is 13.5 Å². The largest absolute Gasteiger partial charge is 0.475 e. The summed E-state index contributed by atoms with van der Waals surface area (Å²) in [6.07, 6.45) is 1.17. The van der Waals surface area contributed by atoms with Crippen LogP contribution in [0.4, 0.5) is 0 Å². The van der Waals surface area contributed by atoms with Crippen molar-refractivity contribution in [2.75, 3.05) is 13.2 Å². The van der Waals surface area contributed by atoms with Crippen molar-refractivity contribution in [3.8, 4) is 0 Å². The molecule has 0 aromatic rings. The SMILES string of the molecule is CC(=O)NC(CO)C(=O)N1CCCC1B(O)O. The molecular formula is C9H17BN2O5. The maximum Gasteiger partial charge on any atom is 0.475 e. The van der Waals surface area contributed by atoms with Crippen LogP contribution in [0, 0.1) is 0 Å². The Hall–Kier alpha value is -1.12. The molecule has 8 heteroatoms. The number of likely N-dealkylation sites (tertiary alicyclic amines) is 1. The molecule has 0 aromatic carbocycles. The predicted molar refractivity (Wildman–Crippen MR) is 59.6 cm³/mol.